The molecular formula is C21H29N3O2. The molecule has 1 unspecified atom stereocenters. The van der Waals surface area contributed by atoms with Gasteiger partial charge in [0.25, 0.3) is 0 Å². The maximum Gasteiger partial charge on any atom is 0.239 e. The number of carbonyl (C=O) groups excluding carboxylic acids is 1. The molecule has 5 heteroatoms. The number of carbonyl (C=O) groups is 1. The summed E-state index contributed by atoms with van der Waals surface area (Å²) in [5.74, 6) is 1.16. The highest BCUT2D eigenvalue weighted by Gasteiger charge is 2.28. The topological polar surface area (TPSA) is 59.2 Å². The number of aromatic nitrogens is 2. The maximum absolute atomic E-state index is 12.5. The standard InChI is InChI=1S/C21H29N3O2/c25-19(17-9-5-2-6-10-17)20-22-21(26-23-20)18-11-13-24(14-12-18)15-16-7-3-1-4-8-16/h5,7,9,17-18H,1-4,6,8,10-15H2. The highest BCUT2D eigenvalue weighted by Crippen LogP contribution is 2.29. The zero-order valence-electron chi connectivity index (χ0n) is 15.5. The van der Waals surface area contributed by atoms with Crippen molar-refractivity contribution >= 4 is 5.78 Å². The minimum atomic E-state index is -0.0696. The highest BCUT2D eigenvalue weighted by atomic mass is 16.5. The Hall–Kier alpha value is -1.75. The highest BCUT2D eigenvalue weighted by molar-refractivity contribution is 5.95. The van der Waals surface area contributed by atoms with E-state index in [1.807, 2.05) is 6.08 Å². The Kier molecular flexibility index (Phi) is 5.63. The van der Waals surface area contributed by atoms with Crippen molar-refractivity contribution in [3.63, 3.8) is 0 Å². The third kappa shape index (κ3) is 4.14. The molecule has 26 heavy (non-hydrogen) atoms. The molecule has 1 fully saturated rings. The van der Waals surface area contributed by atoms with Crippen LogP contribution in [0.2, 0.25) is 0 Å². The summed E-state index contributed by atoms with van der Waals surface area (Å²) in [5.41, 5.74) is 1.61. The first-order chi connectivity index (χ1) is 12.8. The van der Waals surface area contributed by atoms with Crippen LogP contribution in [0, 0.1) is 5.92 Å². The van der Waals surface area contributed by atoms with E-state index in [2.05, 4.69) is 27.2 Å². The Bertz CT molecular complexity index is 683. The fourth-order valence-corrected chi connectivity index (χ4v) is 4.37. The van der Waals surface area contributed by atoms with Gasteiger partial charge in [-0.2, -0.15) is 4.98 Å². The van der Waals surface area contributed by atoms with Gasteiger partial charge >= 0.3 is 0 Å². The van der Waals surface area contributed by atoms with E-state index in [9.17, 15) is 4.79 Å². The first-order valence-corrected chi connectivity index (χ1v) is 10.2. The lowest BCUT2D eigenvalue weighted by Crippen LogP contribution is -2.34. The van der Waals surface area contributed by atoms with Gasteiger partial charge in [-0.3, -0.25) is 9.69 Å². The van der Waals surface area contributed by atoms with Gasteiger partial charge in [0.05, 0.1) is 0 Å². The summed E-state index contributed by atoms with van der Waals surface area (Å²) in [5, 5.41) is 3.99. The summed E-state index contributed by atoms with van der Waals surface area (Å²) in [6.45, 7) is 3.26. The maximum atomic E-state index is 12.5. The summed E-state index contributed by atoms with van der Waals surface area (Å²) in [6, 6.07) is 0. The molecule has 1 aliphatic heterocycles. The molecule has 5 nitrogen and oxygen atoms in total. The second-order valence-electron chi connectivity index (χ2n) is 7.94. The molecule has 0 bridgehead atoms. The van der Waals surface area contributed by atoms with E-state index < -0.39 is 0 Å². The van der Waals surface area contributed by atoms with Gasteiger partial charge in [-0.1, -0.05) is 29.0 Å². The second kappa shape index (κ2) is 8.30. The van der Waals surface area contributed by atoms with Gasteiger partial charge in [0.15, 0.2) is 0 Å². The van der Waals surface area contributed by atoms with Crippen LogP contribution in [0.5, 0.6) is 0 Å². The SMILES string of the molecule is O=C(c1noc(C2CCN(CC3=CCCCC3)CC2)n1)C1C=CCCC1. The van der Waals surface area contributed by atoms with Crippen molar-refractivity contribution < 1.29 is 9.32 Å². The zero-order chi connectivity index (χ0) is 17.8. The summed E-state index contributed by atoms with van der Waals surface area (Å²) in [7, 11) is 0. The minimum absolute atomic E-state index is 0.0117. The van der Waals surface area contributed by atoms with Crippen molar-refractivity contribution in [3.8, 4) is 0 Å². The van der Waals surface area contributed by atoms with Gasteiger partial charge in [-0.15, -0.1) is 0 Å². The number of rotatable bonds is 5. The van der Waals surface area contributed by atoms with Crippen molar-refractivity contribution in [2.24, 2.45) is 5.92 Å². The fourth-order valence-electron chi connectivity index (χ4n) is 4.37. The number of ketones is 1. The van der Waals surface area contributed by atoms with Crippen LogP contribution >= 0.6 is 0 Å². The molecule has 1 saturated heterocycles. The molecule has 0 spiro atoms. The Labute approximate surface area is 155 Å². The summed E-state index contributed by atoms with van der Waals surface area (Å²) < 4.78 is 5.47. The molecule has 1 aromatic heterocycles. The number of piperidine rings is 1. The van der Waals surface area contributed by atoms with E-state index in [4.69, 9.17) is 4.52 Å². The smallest absolute Gasteiger partial charge is 0.239 e. The van der Waals surface area contributed by atoms with Crippen molar-refractivity contribution in [1.82, 2.24) is 15.0 Å². The molecular weight excluding hydrogens is 326 g/mol. The molecule has 2 aliphatic carbocycles. The zero-order valence-corrected chi connectivity index (χ0v) is 15.5. The molecule has 0 saturated carbocycles. The Morgan fingerprint density at radius 1 is 1.15 bits per heavy atom. The van der Waals surface area contributed by atoms with Crippen LogP contribution in [0.25, 0.3) is 0 Å². The Balaban J connectivity index is 1.31. The monoisotopic (exact) mass is 355 g/mol. The fraction of sp³-hybridized carbons (Fsp3) is 0.667. The van der Waals surface area contributed by atoms with Crippen LogP contribution in [0.15, 0.2) is 28.3 Å². The van der Waals surface area contributed by atoms with E-state index in [1.54, 1.807) is 5.57 Å². The number of hydrogen-bond donors (Lipinski definition) is 0. The number of hydrogen-bond acceptors (Lipinski definition) is 5. The predicted octanol–water partition coefficient (Wildman–Crippen LogP) is 4.29. The first kappa shape index (κ1) is 17.7. The molecule has 2 heterocycles. The summed E-state index contributed by atoms with van der Waals surface area (Å²) in [6.07, 6.45) is 16.8. The Morgan fingerprint density at radius 3 is 2.77 bits per heavy atom. The van der Waals surface area contributed by atoms with Crippen LogP contribution in [-0.2, 0) is 0 Å². The molecule has 4 rings (SSSR count). The van der Waals surface area contributed by atoms with Gasteiger partial charge in [-0.05, 0) is 70.9 Å². The van der Waals surface area contributed by atoms with Crippen LogP contribution in [0.4, 0.5) is 0 Å². The van der Waals surface area contributed by atoms with Crippen LogP contribution < -0.4 is 0 Å². The van der Waals surface area contributed by atoms with Crippen molar-refractivity contribution in [3.05, 3.63) is 35.5 Å². The van der Waals surface area contributed by atoms with E-state index in [1.165, 1.54) is 25.7 Å². The van der Waals surface area contributed by atoms with Crippen molar-refractivity contribution in [2.75, 3.05) is 19.6 Å². The molecule has 0 N–H and O–H groups in total. The normalized spacial score (nSPS) is 25.2. The van der Waals surface area contributed by atoms with Crippen LogP contribution in [-0.4, -0.2) is 40.5 Å². The summed E-state index contributed by atoms with van der Waals surface area (Å²) in [4.78, 5) is 19.5. The molecule has 3 aliphatic rings. The second-order valence-corrected chi connectivity index (χ2v) is 7.94. The quantitative estimate of drug-likeness (QED) is 0.582. The van der Waals surface area contributed by atoms with E-state index in [0.29, 0.717) is 11.8 Å². The predicted molar refractivity (Wildman–Crippen MR) is 100 cm³/mol. The third-order valence-electron chi connectivity index (χ3n) is 6.00. The lowest BCUT2D eigenvalue weighted by Gasteiger charge is -2.31. The molecule has 140 valence electrons. The van der Waals surface area contributed by atoms with Crippen LogP contribution in [0.3, 0.4) is 0 Å². The van der Waals surface area contributed by atoms with Gasteiger partial charge in [0.2, 0.25) is 17.5 Å². The average Bonchev–Trinajstić information content (AvgIpc) is 3.20. The molecule has 0 amide bonds. The van der Waals surface area contributed by atoms with E-state index in [-0.39, 0.29) is 17.5 Å². The molecule has 1 atom stereocenters. The molecule has 0 radical (unpaired) electrons. The lowest BCUT2D eigenvalue weighted by molar-refractivity contribution is 0.0923. The Morgan fingerprint density at radius 2 is 2.04 bits per heavy atom. The number of likely N-dealkylation sites (tertiary alicyclic amines) is 1. The van der Waals surface area contributed by atoms with Gasteiger partial charge in [0.1, 0.15) is 0 Å². The van der Waals surface area contributed by atoms with E-state index >= 15 is 0 Å². The molecule has 0 aromatic carbocycles. The molecule has 1 aromatic rings. The average molecular weight is 355 g/mol. The van der Waals surface area contributed by atoms with E-state index in [0.717, 1.165) is 51.7 Å². The third-order valence-corrected chi connectivity index (χ3v) is 6.00. The van der Waals surface area contributed by atoms with Gasteiger partial charge < -0.3 is 4.52 Å². The lowest BCUT2D eigenvalue weighted by atomic mass is 9.92. The van der Waals surface area contributed by atoms with Gasteiger partial charge in [0, 0.05) is 18.4 Å². The largest absolute Gasteiger partial charge is 0.339 e. The first-order valence-electron chi connectivity index (χ1n) is 10.2. The van der Waals surface area contributed by atoms with Crippen molar-refractivity contribution in [2.45, 2.75) is 63.7 Å². The summed E-state index contributed by atoms with van der Waals surface area (Å²) >= 11 is 0. The number of allylic oxidation sites excluding steroid dienone is 3. The number of nitrogens with zero attached hydrogens (tertiary/aromatic N) is 3. The van der Waals surface area contributed by atoms with Gasteiger partial charge in [-0.25, -0.2) is 0 Å². The van der Waals surface area contributed by atoms with Crippen LogP contribution in [0.1, 0.15) is 80.2 Å². The van der Waals surface area contributed by atoms with Crippen molar-refractivity contribution in [1.29, 1.82) is 0 Å². The number of Topliss-reactive ketones (excluding diaryl/α,β-unsaturated/α-hetero) is 1. The minimum Gasteiger partial charge on any atom is -0.339 e.